The van der Waals surface area contributed by atoms with Crippen molar-refractivity contribution in [1.29, 1.82) is 0 Å². The van der Waals surface area contributed by atoms with Crippen LogP contribution in [0.2, 0.25) is 0 Å². The summed E-state index contributed by atoms with van der Waals surface area (Å²) in [7, 11) is 0. The Hall–Kier alpha value is -8.50. The molecule has 312 valence electrons. The molecule has 13 aromatic rings. The van der Waals surface area contributed by atoms with Crippen LogP contribution in [0.25, 0.3) is 131 Å². The van der Waals surface area contributed by atoms with Gasteiger partial charge in [-0.15, -0.1) is 11.3 Å². The molecule has 3 heteroatoms. The van der Waals surface area contributed by atoms with E-state index in [4.69, 9.17) is 9.97 Å². The highest BCUT2D eigenvalue weighted by Crippen LogP contribution is 2.45. The molecular formula is C64H40N2S. The van der Waals surface area contributed by atoms with Gasteiger partial charge in [0, 0.05) is 42.1 Å². The zero-order valence-corrected chi connectivity index (χ0v) is 37.2. The van der Waals surface area contributed by atoms with E-state index in [1.165, 1.54) is 86.6 Å². The predicted octanol–water partition coefficient (Wildman–Crippen LogP) is 18.0. The first-order valence-corrected chi connectivity index (χ1v) is 23.6. The summed E-state index contributed by atoms with van der Waals surface area (Å²) >= 11 is 1.88. The molecule has 0 spiro atoms. The number of benzene rings is 11. The average molecular weight is 869 g/mol. The Balaban J connectivity index is 0.915. The highest BCUT2D eigenvalue weighted by molar-refractivity contribution is 7.26. The van der Waals surface area contributed by atoms with E-state index >= 15 is 0 Å². The molecule has 0 saturated heterocycles. The second-order valence-corrected chi connectivity index (χ2v) is 18.4. The number of hydrogen-bond donors (Lipinski definition) is 0. The first kappa shape index (κ1) is 38.9. The minimum Gasteiger partial charge on any atom is -0.252 e. The van der Waals surface area contributed by atoms with Crippen LogP contribution in [0.15, 0.2) is 243 Å². The number of thiophene rings is 1. The van der Waals surface area contributed by atoms with Gasteiger partial charge in [-0.1, -0.05) is 194 Å². The zero-order valence-electron chi connectivity index (χ0n) is 36.4. The van der Waals surface area contributed by atoms with Crippen molar-refractivity contribution in [3.8, 4) is 78.0 Å². The predicted molar refractivity (Wildman–Crippen MR) is 285 cm³/mol. The second-order valence-electron chi connectivity index (χ2n) is 17.3. The molecule has 0 aliphatic carbocycles. The largest absolute Gasteiger partial charge is 0.252 e. The lowest BCUT2D eigenvalue weighted by Gasteiger charge is -2.12. The molecule has 0 saturated carbocycles. The fourth-order valence-corrected chi connectivity index (χ4v) is 11.1. The van der Waals surface area contributed by atoms with Crippen LogP contribution >= 0.6 is 11.3 Å². The minimum absolute atomic E-state index is 0.862. The SMILES string of the molecule is c1ccc(-c2cccc(-c3ccc4sc5c(-c6cccc(-c7ccc(-c8cnc9c%10ccccc%10c%10ccccc%10c9n8)cc7)c6)cc(-c6cccc(-c7ccccc7)c6)cc5c4c3)c2)cc1. The number of nitrogens with zero attached hydrogens (tertiary/aromatic N) is 2. The van der Waals surface area contributed by atoms with Crippen molar-refractivity contribution in [1.82, 2.24) is 9.97 Å². The van der Waals surface area contributed by atoms with Gasteiger partial charge in [-0.05, 0) is 114 Å². The summed E-state index contributed by atoms with van der Waals surface area (Å²) in [6.07, 6.45) is 1.92. The lowest BCUT2D eigenvalue weighted by Crippen LogP contribution is -1.92. The van der Waals surface area contributed by atoms with Gasteiger partial charge in [0.05, 0.1) is 22.9 Å². The van der Waals surface area contributed by atoms with Gasteiger partial charge in [-0.3, -0.25) is 4.98 Å². The summed E-state index contributed by atoms with van der Waals surface area (Å²) in [6, 6.07) is 85.8. The highest BCUT2D eigenvalue weighted by Gasteiger charge is 2.17. The van der Waals surface area contributed by atoms with Crippen LogP contribution in [0.5, 0.6) is 0 Å². The first-order valence-electron chi connectivity index (χ1n) is 22.8. The number of hydrogen-bond acceptors (Lipinski definition) is 3. The maximum absolute atomic E-state index is 5.26. The van der Waals surface area contributed by atoms with E-state index in [0.717, 1.165) is 44.2 Å². The minimum atomic E-state index is 0.862. The summed E-state index contributed by atoms with van der Waals surface area (Å²) < 4.78 is 2.56. The Morgan fingerprint density at radius 1 is 0.269 bits per heavy atom. The second kappa shape index (κ2) is 16.2. The third-order valence-corrected chi connectivity index (χ3v) is 14.5. The molecular weight excluding hydrogens is 829 g/mol. The monoisotopic (exact) mass is 868 g/mol. The zero-order chi connectivity index (χ0) is 44.3. The fraction of sp³-hybridized carbons (Fsp3) is 0. The molecule has 0 N–H and O–H groups in total. The van der Waals surface area contributed by atoms with Crippen LogP contribution in [-0.4, -0.2) is 9.97 Å². The van der Waals surface area contributed by atoms with Crippen molar-refractivity contribution in [2.24, 2.45) is 0 Å². The molecule has 11 aromatic carbocycles. The van der Waals surface area contributed by atoms with E-state index in [9.17, 15) is 0 Å². The Bertz CT molecular complexity index is 3990. The highest BCUT2D eigenvalue weighted by atomic mass is 32.1. The summed E-state index contributed by atoms with van der Waals surface area (Å²) in [5, 5.41) is 7.18. The van der Waals surface area contributed by atoms with Crippen LogP contribution in [0, 0.1) is 0 Å². The van der Waals surface area contributed by atoms with Crippen LogP contribution in [-0.2, 0) is 0 Å². The number of fused-ring (bicyclic) bond motifs is 9. The molecule has 0 amide bonds. The van der Waals surface area contributed by atoms with Crippen molar-refractivity contribution in [2.75, 3.05) is 0 Å². The van der Waals surface area contributed by atoms with Crippen LogP contribution in [0.3, 0.4) is 0 Å². The van der Waals surface area contributed by atoms with Crippen molar-refractivity contribution < 1.29 is 0 Å². The fourth-order valence-electron chi connectivity index (χ4n) is 9.92. The Morgan fingerprint density at radius 2 is 0.701 bits per heavy atom. The molecule has 0 aliphatic rings. The molecule has 0 unspecified atom stereocenters. The Kier molecular flexibility index (Phi) is 9.40. The van der Waals surface area contributed by atoms with E-state index in [1.54, 1.807) is 0 Å². The maximum atomic E-state index is 5.26. The van der Waals surface area contributed by atoms with E-state index in [0.29, 0.717) is 0 Å². The van der Waals surface area contributed by atoms with Crippen LogP contribution < -0.4 is 0 Å². The van der Waals surface area contributed by atoms with Gasteiger partial charge in [0.2, 0.25) is 0 Å². The molecule has 0 radical (unpaired) electrons. The van der Waals surface area contributed by atoms with Gasteiger partial charge in [-0.25, -0.2) is 4.98 Å². The number of aromatic nitrogens is 2. The average Bonchev–Trinajstić information content (AvgIpc) is 3.79. The first-order chi connectivity index (χ1) is 33.2. The summed E-state index contributed by atoms with van der Waals surface area (Å²) in [5.74, 6) is 0. The smallest absolute Gasteiger partial charge is 0.0979 e. The number of rotatable bonds is 7. The van der Waals surface area contributed by atoms with Crippen molar-refractivity contribution in [2.45, 2.75) is 0 Å². The van der Waals surface area contributed by atoms with E-state index in [2.05, 4.69) is 237 Å². The van der Waals surface area contributed by atoms with Gasteiger partial charge in [0.1, 0.15) is 0 Å². The molecule has 0 bridgehead atoms. The lowest BCUT2D eigenvalue weighted by atomic mass is 9.92. The molecule has 67 heavy (non-hydrogen) atoms. The summed E-state index contributed by atoms with van der Waals surface area (Å²) in [4.78, 5) is 10.3. The van der Waals surface area contributed by atoms with Crippen molar-refractivity contribution in [3.63, 3.8) is 0 Å². The lowest BCUT2D eigenvalue weighted by molar-refractivity contribution is 1.31. The third kappa shape index (κ3) is 6.96. The molecule has 0 aliphatic heterocycles. The van der Waals surface area contributed by atoms with Gasteiger partial charge >= 0.3 is 0 Å². The van der Waals surface area contributed by atoms with Gasteiger partial charge in [-0.2, -0.15) is 0 Å². The van der Waals surface area contributed by atoms with Crippen LogP contribution in [0.4, 0.5) is 0 Å². The Morgan fingerprint density at radius 3 is 1.33 bits per heavy atom. The molecule has 2 nitrogen and oxygen atoms in total. The molecule has 13 rings (SSSR count). The summed E-state index contributed by atoms with van der Waals surface area (Å²) in [6.45, 7) is 0. The normalized spacial score (nSPS) is 11.6. The van der Waals surface area contributed by atoms with Gasteiger partial charge < -0.3 is 0 Å². The van der Waals surface area contributed by atoms with E-state index in [-0.39, 0.29) is 0 Å². The van der Waals surface area contributed by atoms with Crippen LogP contribution in [0.1, 0.15) is 0 Å². The third-order valence-electron chi connectivity index (χ3n) is 13.3. The van der Waals surface area contributed by atoms with Crippen molar-refractivity contribution >= 4 is 64.1 Å². The quantitative estimate of drug-likeness (QED) is 0.149. The van der Waals surface area contributed by atoms with Crippen molar-refractivity contribution in [3.05, 3.63) is 243 Å². The maximum Gasteiger partial charge on any atom is 0.0979 e. The van der Waals surface area contributed by atoms with E-state index in [1.807, 2.05) is 17.5 Å². The molecule has 2 heterocycles. The summed E-state index contributed by atoms with van der Waals surface area (Å²) in [5.41, 5.74) is 18.2. The standard InChI is InChI=1S/C64H40N2S/c1-3-14-41(15-4-1)45-18-11-21-48(34-45)50-32-33-61-58(37-50)59-39-52(49-22-12-19-46(35-49)42-16-5-2-6-17-42)38-57(64(59)67-61)51-23-13-20-47(36-51)43-28-30-44(31-29-43)60-40-65-62-55-26-9-7-24-53(55)54-25-8-10-27-56(54)63(62)66-60/h1-40H. The van der Waals surface area contributed by atoms with E-state index < -0.39 is 0 Å². The molecule has 0 atom stereocenters. The topological polar surface area (TPSA) is 25.8 Å². The Labute approximate surface area is 392 Å². The van der Waals surface area contributed by atoms with Gasteiger partial charge in [0.25, 0.3) is 0 Å². The van der Waals surface area contributed by atoms with Gasteiger partial charge in [0.15, 0.2) is 0 Å². The molecule has 0 fully saturated rings. The molecule has 2 aromatic heterocycles.